The summed E-state index contributed by atoms with van der Waals surface area (Å²) in [5.74, 6) is 0.326. The van der Waals surface area contributed by atoms with Crippen LogP contribution in [0.1, 0.15) is 23.0 Å². The Bertz CT molecular complexity index is 738. The van der Waals surface area contributed by atoms with E-state index in [1.54, 1.807) is 12.1 Å². The molecule has 26 heavy (non-hydrogen) atoms. The number of piperidine rings is 1. The van der Waals surface area contributed by atoms with Gasteiger partial charge in [-0.1, -0.05) is 25.1 Å². The predicted octanol–water partition coefficient (Wildman–Crippen LogP) is 3.54. The largest absolute Gasteiger partial charge is 0.348 e. The van der Waals surface area contributed by atoms with E-state index in [1.165, 1.54) is 11.3 Å². The molecule has 3 rings (SSSR count). The highest BCUT2D eigenvalue weighted by Crippen LogP contribution is 2.23. The summed E-state index contributed by atoms with van der Waals surface area (Å²) in [6.45, 7) is 3.97. The molecule has 4 N–H and O–H groups in total. The van der Waals surface area contributed by atoms with Gasteiger partial charge >= 0.3 is 6.03 Å². The van der Waals surface area contributed by atoms with Crippen LogP contribution in [-0.2, 0) is 0 Å². The Morgan fingerprint density at radius 1 is 1.12 bits per heavy atom. The topological polar surface area (TPSA) is 82.3 Å². The minimum atomic E-state index is -0.327. The Balaban J connectivity index is 0.00000243. The van der Waals surface area contributed by atoms with E-state index in [4.69, 9.17) is 0 Å². The summed E-state index contributed by atoms with van der Waals surface area (Å²) in [6, 6.07) is 12.6. The zero-order valence-electron chi connectivity index (χ0n) is 14.5. The molecule has 1 aliphatic rings. The van der Waals surface area contributed by atoms with Crippen LogP contribution in [0.3, 0.4) is 0 Å². The van der Waals surface area contributed by atoms with Gasteiger partial charge in [0.2, 0.25) is 0 Å². The molecule has 0 aliphatic carbocycles. The molecule has 1 saturated heterocycles. The number of amides is 3. The lowest BCUT2D eigenvalue weighted by Gasteiger charge is -2.30. The third-order valence-corrected chi connectivity index (χ3v) is 5.20. The maximum atomic E-state index is 12.4. The van der Waals surface area contributed by atoms with Crippen molar-refractivity contribution in [3.8, 4) is 0 Å². The molecule has 8 heteroatoms. The van der Waals surface area contributed by atoms with Crippen molar-refractivity contribution in [3.05, 3.63) is 47.3 Å². The van der Waals surface area contributed by atoms with Crippen LogP contribution in [0.15, 0.2) is 42.5 Å². The number of carbonyl (C=O) groups is 2. The lowest BCUT2D eigenvalue weighted by Crippen LogP contribution is -2.48. The highest BCUT2D eigenvalue weighted by molar-refractivity contribution is 7.18. The number of hydrogen-bond donors (Lipinski definition) is 4. The quantitative estimate of drug-likeness (QED) is 0.640. The van der Waals surface area contributed by atoms with Crippen molar-refractivity contribution in [2.24, 2.45) is 5.92 Å². The SMILES string of the molecule is CC1CNCCC1NC(=O)c1ccc(NC(=O)Nc2ccccc2)s1.Cl. The van der Waals surface area contributed by atoms with Crippen LogP contribution in [0.2, 0.25) is 0 Å². The molecule has 3 amide bonds. The summed E-state index contributed by atoms with van der Waals surface area (Å²) in [4.78, 5) is 25.0. The molecule has 0 spiro atoms. The van der Waals surface area contributed by atoms with Gasteiger partial charge in [0, 0.05) is 11.7 Å². The molecular weight excluding hydrogens is 372 g/mol. The Morgan fingerprint density at radius 2 is 1.88 bits per heavy atom. The molecule has 140 valence electrons. The van der Waals surface area contributed by atoms with E-state index in [1.807, 2.05) is 30.3 Å². The second kappa shape index (κ2) is 9.56. The van der Waals surface area contributed by atoms with Gasteiger partial charge in [-0.3, -0.25) is 10.1 Å². The highest BCUT2D eigenvalue weighted by Gasteiger charge is 2.23. The van der Waals surface area contributed by atoms with Crippen molar-refractivity contribution < 1.29 is 9.59 Å². The van der Waals surface area contributed by atoms with E-state index >= 15 is 0 Å². The molecular formula is C18H23ClN4O2S. The molecule has 1 fully saturated rings. The van der Waals surface area contributed by atoms with Gasteiger partial charge < -0.3 is 16.0 Å². The Labute approximate surface area is 163 Å². The van der Waals surface area contributed by atoms with Crippen molar-refractivity contribution in [1.29, 1.82) is 0 Å². The molecule has 2 heterocycles. The summed E-state index contributed by atoms with van der Waals surface area (Å²) in [7, 11) is 0. The number of anilines is 2. The number of urea groups is 1. The Hall–Kier alpha value is -2.09. The van der Waals surface area contributed by atoms with Gasteiger partial charge in [-0.05, 0) is 49.7 Å². The minimum absolute atomic E-state index is 0. The zero-order valence-corrected chi connectivity index (χ0v) is 16.1. The van der Waals surface area contributed by atoms with E-state index in [0.29, 0.717) is 15.8 Å². The van der Waals surface area contributed by atoms with Crippen LogP contribution in [-0.4, -0.2) is 31.1 Å². The lowest BCUT2D eigenvalue weighted by atomic mass is 9.95. The molecule has 0 saturated carbocycles. The van der Waals surface area contributed by atoms with Crippen molar-refractivity contribution in [3.63, 3.8) is 0 Å². The highest BCUT2D eigenvalue weighted by atomic mass is 35.5. The van der Waals surface area contributed by atoms with Crippen molar-refractivity contribution >= 4 is 46.4 Å². The number of thiophene rings is 1. The van der Waals surface area contributed by atoms with Crippen molar-refractivity contribution in [2.75, 3.05) is 23.7 Å². The summed E-state index contributed by atoms with van der Waals surface area (Å²) < 4.78 is 0. The van der Waals surface area contributed by atoms with E-state index in [9.17, 15) is 9.59 Å². The monoisotopic (exact) mass is 394 g/mol. The fourth-order valence-corrected chi connectivity index (χ4v) is 3.60. The van der Waals surface area contributed by atoms with Crippen molar-refractivity contribution in [2.45, 2.75) is 19.4 Å². The summed E-state index contributed by atoms with van der Waals surface area (Å²) in [5, 5.41) is 12.6. The van der Waals surface area contributed by atoms with E-state index in [2.05, 4.69) is 28.2 Å². The van der Waals surface area contributed by atoms with E-state index in [0.717, 1.165) is 25.2 Å². The van der Waals surface area contributed by atoms with Crippen LogP contribution >= 0.6 is 23.7 Å². The number of nitrogens with one attached hydrogen (secondary N) is 4. The smallest absolute Gasteiger partial charge is 0.324 e. The normalized spacial score (nSPS) is 19.1. The summed E-state index contributed by atoms with van der Waals surface area (Å²) >= 11 is 1.27. The molecule has 2 unspecified atom stereocenters. The number of rotatable bonds is 4. The first-order valence-corrected chi connectivity index (χ1v) is 9.18. The molecule has 1 aromatic carbocycles. The molecule has 6 nitrogen and oxygen atoms in total. The number of halogens is 1. The molecule has 2 aromatic rings. The lowest BCUT2D eigenvalue weighted by molar-refractivity contribution is 0.0918. The molecule has 1 aromatic heterocycles. The fourth-order valence-electron chi connectivity index (χ4n) is 2.79. The third-order valence-electron chi connectivity index (χ3n) is 4.20. The van der Waals surface area contributed by atoms with Crippen LogP contribution in [0.4, 0.5) is 15.5 Å². The second-order valence-corrected chi connectivity index (χ2v) is 7.24. The average Bonchev–Trinajstić information content (AvgIpc) is 3.06. The first-order chi connectivity index (χ1) is 12.1. The van der Waals surface area contributed by atoms with Crippen LogP contribution < -0.4 is 21.3 Å². The number of para-hydroxylation sites is 1. The molecule has 2 atom stereocenters. The molecule has 0 radical (unpaired) electrons. The summed E-state index contributed by atoms with van der Waals surface area (Å²) in [6.07, 6.45) is 0.933. The van der Waals surface area contributed by atoms with Crippen LogP contribution in [0, 0.1) is 5.92 Å². The van der Waals surface area contributed by atoms with E-state index < -0.39 is 0 Å². The van der Waals surface area contributed by atoms with Gasteiger partial charge in [0.1, 0.15) is 0 Å². The summed E-state index contributed by atoms with van der Waals surface area (Å²) in [5.41, 5.74) is 0.717. The zero-order chi connectivity index (χ0) is 17.6. The predicted molar refractivity (Wildman–Crippen MR) is 109 cm³/mol. The third kappa shape index (κ3) is 5.45. The van der Waals surface area contributed by atoms with Gasteiger partial charge in [-0.2, -0.15) is 0 Å². The Morgan fingerprint density at radius 3 is 2.62 bits per heavy atom. The number of carbonyl (C=O) groups excluding carboxylic acids is 2. The van der Waals surface area contributed by atoms with Crippen LogP contribution in [0.5, 0.6) is 0 Å². The van der Waals surface area contributed by atoms with Gasteiger partial charge in [-0.15, -0.1) is 23.7 Å². The number of hydrogen-bond acceptors (Lipinski definition) is 4. The van der Waals surface area contributed by atoms with Crippen LogP contribution in [0.25, 0.3) is 0 Å². The molecule has 0 bridgehead atoms. The Kier molecular flexibility index (Phi) is 7.44. The van der Waals surface area contributed by atoms with Gasteiger partial charge in [-0.25, -0.2) is 4.79 Å². The van der Waals surface area contributed by atoms with Crippen molar-refractivity contribution in [1.82, 2.24) is 10.6 Å². The maximum absolute atomic E-state index is 12.4. The second-order valence-electron chi connectivity index (χ2n) is 6.16. The van der Waals surface area contributed by atoms with Gasteiger partial charge in [0.15, 0.2) is 0 Å². The first-order valence-electron chi connectivity index (χ1n) is 8.36. The maximum Gasteiger partial charge on any atom is 0.324 e. The number of benzene rings is 1. The fraction of sp³-hybridized carbons (Fsp3) is 0.333. The first kappa shape index (κ1) is 20.2. The average molecular weight is 395 g/mol. The van der Waals surface area contributed by atoms with E-state index in [-0.39, 0.29) is 30.4 Å². The van der Waals surface area contributed by atoms with Gasteiger partial charge in [0.25, 0.3) is 5.91 Å². The minimum Gasteiger partial charge on any atom is -0.348 e. The van der Waals surface area contributed by atoms with Gasteiger partial charge in [0.05, 0.1) is 9.88 Å². The standard InChI is InChI=1S/C18H22N4O2S.ClH/c1-12-11-19-10-9-14(12)21-17(23)15-7-8-16(25-15)22-18(24)20-13-5-3-2-4-6-13;/h2-8,12,14,19H,9-11H2,1H3,(H,21,23)(H2,20,22,24);1H. The molecule has 1 aliphatic heterocycles.